The molecule has 0 heterocycles. The molecule has 0 aromatic carbocycles. The van der Waals surface area contributed by atoms with Crippen LogP contribution >= 0.6 is 0 Å². The monoisotopic (exact) mass is 257 g/mol. The Labute approximate surface area is 113 Å². The van der Waals surface area contributed by atoms with Crippen molar-refractivity contribution < 1.29 is 4.79 Å². The van der Waals surface area contributed by atoms with Gasteiger partial charge in [0.2, 0.25) is 5.91 Å². The van der Waals surface area contributed by atoms with Crippen LogP contribution in [0.4, 0.5) is 0 Å². The minimum absolute atomic E-state index is 0.152. The minimum atomic E-state index is 0.152. The van der Waals surface area contributed by atoms with Gasteiger partial charge < -0.3 is 10.6 Å². The van der Waals surface area contributed by atoms with Crippen molar-refractivity contribution in [3.8, 4) is 0 Å². The summed E-state index contributed by atoms with van der Waals surface area (Å²) in [4.78, 5) is 16.2. The molecule has 0 saturated carbocycles. The smallest absolute Gasteiger partial charge is 0.224 e. The van der Waals surface area contributed by atoms with E-state index in [1.165, 1.54) is 0 Å². The molecule has 0 aromatic rings. The summed E-state index contributed by atoms with van der Waals surface area (Å²) >= 11 is 0. The highest BCUT2D eigenvalue weighted by atomic mass is 16.2. The van der Waals surface area contributed by atoms with Crippen molar-refractivity contribution in [2.24, 2.45) is 5.73 Å². The van der Waals surface area contributed by atoms with Crippen LogP contribution < -0.4 is 5.73 Å². The quantitative estimate of drug-likeness (QED) is 0.684. The first-order valence-corrected chi connectivity index (χ1v) is 7.21. The van der Waals surface area contributed by atoms with Crippen molar-refractivity contribution in [3.63, 3.8) is 0 Å². The van der Waals surface area contributed by atoms with Crippen molar-refractivity contribution in [2.45, 2.75) is 59.0 Å². The van der Waals surface area contributed by atoms with Crippen LogP contribution in [0, 0.1) is 0 Å². The molecule has 0 rings (SSSR count). The van der Waals surface area contributed by atoms with Gasteiger partial charge in [-0.2, -0.15) is 0 Å². The van der Waals surface area contributed by atoms with Crippen LogP contribution in [0.25, 0.3) is 0 Å². The number of nitrogens with two attached hydrogens (primary N) is 1. The number of rotatable bonds is 9. The molecule has 4 heteroatoms. The summed E-state index contributed by atoms with van der Waals surface area (Å²) in [5.74, 6) is 0.214. The standard InChI is InChI=1S/C14H31N3O/c1-6-9-12(4)16(5)13(11-15)10-14(18)17(7-2)8-3/h12-13H,6-11,15H2,1-5H3. The first-order chi connectivity index (χ1) is 8.51. The summed E-state index contributed by atoms with van der Waals surface area (Å²) in [7, 11) is 2.08. The lowest BCUT2D eigenvalue weighted by atomic mass is 10.1. The van der Waals surface area contributed by atoms with Gasteiger partial charge in [0, 0.05) is 38.1 Å². The minimum Gasteiger partial charge on any atom is -0.343 e. The fraction of sp³-hybridized carbons (Fsp3) is 0.929. The van der Waals surface area contributed by atoms with Gasteiger partial charge in [-0.3, -0.25) is 9.69 Å². The molecule has 0 aliphatic carbocycles. The largest absolute Gasteiger partial charge is 0.343 e. The number of amides is 1. The van der Waals surface area contributed by atoms with Crippen LogP contribution in [0.2, 0.25) is 0 Å². The van der Waals surface area contributed by atoms with Gasteiger partial charge in [-0.25, -0.2) is 0 Å². The van der Waals surface area contributed by atoms with Crippen LogP contribution in [0.3, 0.4) is 0 Å². The number of hydrogen-bond acceptors (Lipinski definition) is 3. The molecule has 4 nitrogen and oxygen atoms in total. The molecule has 0 aromatic heterocycles. The molecule has 0 aliphatic rings. The van der Waals surface area contributed by atoms with E-state index in [2.05, 4.69) is 25.8 Å². The third-order valence-corrected chi connectivity index (χ3v) is 3.78. The van der Waals surface area contributed by atoms with Crippen LogP contribution in [-0.4, -0.2) is 54.5 Å². The van der Waals surface area contributed by atoms with E-state index >= 15 is 0 Å². The second-order valence-corrected chi connectivity index (χ2v) is 4.96. The Balaban J connectivity index is 4.45. The molecule has 0 saturated heterocycles. The molecule has 2 N–H and O–H groups in total. The predicted molar refractivity (Wildman–Crippen MR) is 77.5 cm³/mol. The van der Waals surface area contributed by atoms with Gasteiger partial charge in [0.1, 0.15) is 0 Å². The number of nitrogens with zero attached hydrogens (tertiary/aromatic N) is 2. The Bertz CT molecular complexity index is 229. The molecule has 0 fully saturated rings. The average Bonchev–Trinajstić information content (AvgIpc) is 2.36. The zero-order valence-electron chi connectivity index (χ0n) is 12.8. The van der Waals surface area contributed by atoms with Gasteiger partial charge in [-0.1, -0.05) is 13.3 Å². The van der Waals surface area contributed by atoms with E-state index in [0.717, 1.165) is 25.9 Å². The normalized spacial score (nSPS) is 14.6. The average molecular weight is 257 g/mol. The molecule has 18 heavy (non-hydrogen) atoms. The number of carbonyl (C=O) groups is 1. The zero-order chi connectivity index (χ0) is 14.1. The Morgan fingerprint density at radius 2 is 1.78 bits per heavy atom. The van der Waals surface area contributed by atoms with E-state index in [1.54, 1.807) is 0 Å². The number of likely N-dealkylation sites (N-methyl/N-ethyl adjacent to an activating group) is 1. The summed E-state index contributed by atoms with van der Waals surface area (Å²) < 4.78 is 0. The summed E-state index contributed by atoms with van der Waals surface area (Å²) in [5.41, 5.74) is 5.83. The van der Waals surface area contributed by atoms with Crippen molar-refractivity contribution >= 4 is 5.91 Å². The lowest BCUT2D eigenvalue weighted by molar-refractivity contribution is -0.132. The molecule has 0 spiro atoms. The molecule has 1 amide bonds. The van der Waals surface area contributed by atoms with Crippen molar-refractivity contribution in [1.82, 2.24) is 9.80 Å². The van der Waals surface area contributed by atoms with Crippen LogP contribution in [-0.2, 0) is 4.79 Å². The van der Waals surface area contributed by atoms with Crippen LogP contribution in [0.1, 0.15) is 47.0 Å². The van der Waals surface area contributed by atoms with E-state index in [4.69, 9.17) is 5.73 Å². The maximum atomic E-state index is 12.1. The van der Waals surface area contributed by atoms with Gasteiger partial charge in [0.15, 0.2) is 0 Å². The van der Waals surface area contributed by atoms with E-state index in [-0.39, 0.29) is 11.9 Å². The van der Waals surface area contributed by atoms with Gasteiger partial charge in [-0.15, -0.1) is 0 Å². The Kier molecular flexibility index (Phi) is 9.02. The third kappa shape index (κ3) is 5.36. The Morgan fingerprint density at radius 1 is 1.22 bits per heavy atom. The fourth-order valence-corrected chi connectivity index (χ4v) is 2.28. The molecule has 108 valence electrons. The topological polar surface area (TPSA) is 49.6 Å². The van der Waals surface area contributed by atoms with E-state index in [0.29, 0.717) is 19.0 Å². The summed E-state index contributed by atoms with van der Waals surface area (Å²) in [5, 5.41) is 0. The van der Waals surface area contributed by atoms with E-state index in [9.17, 15) is 4.79 Å². The molecule has 2 atom stereocenters. The summed E-state index contributed by atoms with van der Waals surface area (Å²) in [6.07, 6.45) is 2.84. The molecule has 0 radical (unpaired) electrons. The van der Waals surface area contributed by atoms with Crippen LogP contribution in [0.5, 0.6) is 0 Å². The van der Waals surface area contributed by atoms with Gasteiger partial charge in [0.05, 0.1) is 0 Å². The highest BCUT2D eigenvalue weighted by Gasteiger charge is 2.22. The van der Waals surface area contributed by atoms with E-state index in [1.807, 2.05) is 18.7 Å². The second-order valence-electron chi connectivity index (χ2n) is 4.96. The lowest BCUT2D eigenvalue weighted by Gasteiger charge is -2.33. The molecular weight excluding hydrogens is 226 g/mol. The molecule has 2 unspecified atom stereocenters. The zero-order valence-corrected chi connectivity index (χ0v) is 12.8. The SMILES string of the molecule is CCCC(C)N(C)C(CN)CC(=O)N(CC)CC. The van der Waals surface area contributed by atoms with Crippen LogP contribution in [0.15, 0.2) is 0 Å². The van der Waals surface area contributed by atoms with Gasteiger partial charge in [0.25, 0.3) is 0 Å². The first kappa shape index (κ1) is 17.4. The van der Waals surface area contributed by atoms with Crippen molar-refractivity contribution in [2.75, 3.05) is 26.7 Å². The molecule has 0 bridgehead atoms. The van der Waals surface area contributed by atoms with Gasteiger partial charge in [-0.05, 0) is 34.2 Å². The first-order valence-electron chi connectivity index (χ1n) is 7.21. The number of carbonyl (C=O) groups excluding carboxylic acids is 1. The number of hydrogen-bond donors (Lipinski definition) is 1. The summed E-state index contributed by atoms with van der Waals surface area (Å²) in [6.45, 7) is 10.5. The Hall–Kier alpha value is -0.610. The predicted octanol–water partition coefficient (Wildman–Crippen LogP) is 1.69. The second kappa shape index (κ2) is 9.34. The highest BCUT2D eigenvalue weighted by molar-refractivity contribution is 5.76. The van der Waals surface area contributed by atoms with Gasteiger partial charge >= 0.3 is 0 Å². The molecule has 0 aliphatic heterocycles. The van der Waals surface area contributed by atoms with Crippen molar-refractivity contribution in [1.29, 1.82) is 0 Å². The van der Waals surface area contributed by atoms with Crippen molar-refractivity contribution in [3.05, 3.63) is 0 Å². The third-order valence-electron chi connectivity index (χ3n) is 3.78. The fourth-order valence-electron chi connectivity index (χ4n) is 2.28. The maximum Gasteiger partial charge on any atom is 0.224 e. The lowest BCUT2D eigenvalue weighted by Crippen LogP contribution is -2.46. The highest BCUT2D eigenvalue weighted by Crippen LogP contribution is 2.11. The molecular formula is C14H31N3O. The van der Waals surface area contributed by atoms with E-state index < -0.39 is 0 Å². The maximum absolute atomic E-state index is 12.1. The Morgan fingerprint density at radius 3 is 2.17 bits per heavy atom. The summed E-state index contributed by atoms with van der Waals surface area (Å²) in [6, 6.07) is 0.632.